The lowest BCUT2D eigenvalue weighted by atomic mass is 9.96. The van der Waals surface area contributed by atoms with Crippen molar-refractivity contribution >= 4 is 17.9 Å². The van der Waals surface area contributed by atoms with Crippen molar-refractivity contribution in [2.75, 3.05) is 52.8 Å². The van der Waals surface area contributed by atoms with Crippen LogP contribution >= 0.6 is 11.8 Å². The number of piperazine rings is 1. The lowest BCUT2D eigenvalue weighted by molar-refractivity contribution is 0.0709. The van der Waals surface area contributed by atoms with Gasteiger partial charge >= 0.3 is 6.09 Å². The zero-order valence-electron chi connectivity index (χ0n) is 19.7. The molecule has 2 heterocycles. The van der Waals surface area contributed by atoms with E-state index in [1.807, 2.05) is 30.5 Å². The first-order valence-corrected chi connectivity index (χ1v) is 12.4. The van der Waals surface area contributed by atoms with Gasteiger partial charge in [0.1, 0.15) is 5.75 Å². The minimum atomic E-state index is -0.438. The number of aromatic hydroxyl groups is 1. The SMILES string of the molecule is CCOC(=O)N1CCN([C@@H](c2ccc(SC)cc2)c2c(O)cc(C)n(CCOC)c2=O)CC1. The number of amides is 1. The van der Waals surface area contributed by atoms with Crippen molar-refractivity contribution < 1.29 is 19.4 Å². The number of aryl methyl sites for hydroxylation is 1. The second-order valence-electron chi connectivity index (χ2n) is 7.93. The summed E-state index contributed by atoms with van der Waals surface area (Å²) in [6.45, 7) is 6.82. The van der Waals surface area contributed by atoms with E-state index in [2.05, 4.69) is 4.90 Å². The molecule has 1 amide bonds. The summed E-state index contributed by atoms with van der Waals surface area (Å²) in [7, 11) is 1.60. The van der Waals surface area contributed by atoms with Gasteiger partial charge in [-0.25, -0.2) is 4.79 Å². The molecule has 0 aliphatic carbocycles. The molecule has 9 heteroatoms. The summed E-state index contributed by atoms with van der Waals surface area (Å²) in [6.07, 6.45) is 1.69. The molecule has 3 rings (SSSR count). The minimum Gasteiger partial charge on any atom is -0.507 e. The number of nitrogens with zero attached hydrogens (tertiary/aromatic N) is 3. The van der Waals surface area contributed by atoms with Gasteiger partial charge in [0.25, 0.3) is 5.56 Å². The maximum atomic E-state index is 13.6. The van der Waals surface area contributed by atoms with Gasteiger partial charge in [-0.05, 0) is 43.9 Å². The number of rotatable bonds is 8. The number of thioether (sulfide) groups is 1. The fraction of sp³-hybridized carbons (Fsp3) is 0.500. The Kier molecular flexibility index (Phi) is 8.82. The van der Waals surface area contributed by atoms with Gasteiger partial charge in [-0.3, -0.25) is 9.69 Å². The molecule has 1 aromatic heterocycles. The summed E-state index contributed by atoms with van der Waals surface area (Å²) >= 11 is 1.65. The first-order valence-electron chi connectivity index (χ1n) is 11.1. The van der Waals surface area contributed by atoms with Crippen molar-refractivity contribution in [3.8, 4) is 5.75 Å². The molecule has 1 fully saturated rings. The van der Waals surface area contributed by atoms with E-state index in [1.54, 1.807) is 48.3 Å². The van der Waals surface area contributed by atoms with Gasteiger partial charge in [0, 0.05) is 50.4 Å². The summed E-state index contributed by atoms with van der Waals surface area (Å²) in [5, 5.41) is 10.9. The van der Waals surface area contributed by atoms with E-state index in [-0.39, 0.29) is 17.4 Å². The van der Waals surface area contributed by atoms with Gasteiger partial charge in [-0.1, -0.05) is 12.1 Å². The fourth-order valence-corrected chi connectivity index (χ4v) is 4.62. The largest absolute Gasteiger partial charge is 0.507 e. The molecule has 0 spiro atoms. The van der Waals surface area contributed by atoms with E-state index in [9.17, 15) is 14.7 Å². The molecule has 33 heavy (non-hydrogen) atoms. The summed E-state index contributed by atoms with van der Waals surface area (Å²) < 4.78 is 12.0. The molecule has 0 bridgehead atoms. The van der Waals surface area contributed by atoms with Crippen LogP contribution in [-0.2, 0) is 16.0 Å². The number of pyridine rings is 1. The monoisotopic (exact) mass is 475 g/mol. The molecule has 1 saturated heterocycles. The smallest absolute Gasteiger partial charge is 0.409 e. The number of carbonyl (C=O) groups is 1. The molecule has 0 unspecified atom stereocenters. The van der Waals surface area contributed by atoms with E-state index in [4.69, 9.17) is 9.47 Å². The molecule has 180 valence electrons. The van der Waals surface area contributed by atoms with Crippen LogP contribution in [0.2, 0.25) is 0 Å². The van der Waals surface area contributed by atoms with Crippen molar-refractivity contribution in [3.63, 3.8) is 0 Å². The van der Waals surface area contributed by atoms with E-state index < -0.39 is 6.04 Å². The molecule has 1 atom stereocenters. The Morgan fingerprint density at radius 3 is 2.42 bits per heavy atom. The Hall–Kier alpha value is -2.49. The maximum absolute atomic E-state index is 13.6. The molecule has 2 aromatic rings. The van der Waals surface area contributed by atoms with E-state index in [0.29, 0.717) is 57.2 Å². The Morgan fingerprint density at radius 1 is 1.18 bits per heavy atom. The third-order valence-electron chi connectivity index (χ3n) is 5.95. The molecular formula is C24H33N3O5S. The molecule has 1 aliphatic heterocycles. The van der Waals surface area contributed by atoms with Crippen molar-refractivity contribution in [2.45, 2.75) is 31.3 Å². The van der Waals surface area contributed by atoms with Crippen LogP contribution in [0.1, 0.15) is 29.8 Å². The number of hydrogen-bond acceptors (Lipinski definition) is 7. The van der Waals surface area contributed by atoms with Crippen molar-refractivity contribution in [1.82, 2.24) is 14.4 Å². The molecular weight excluding hydrogens is 442 g/mol. The van der Waals surface area contributed by atoms with Gasteiger partial charge in [0.15, 0.2) is 0 Å². The lowest BCUT2D eigenvalue weighted by Crippen LogP contribution is -2.50. The Bertz CT molecular complexity index is 1000. The van der Waals surface area contributed by atoms with Crippen LogP contribution in [-0.4, -0.2) is 78.3 Å². The summed E-state index contributed by atoms with van der Waals surface area (Å²) in [6, 6.07) is 9.27. The Balaban J connectivity index is 2.02. The highest BCUT2D eigenvalue weighted by Crippen LogP contribution is 2.34. The second-order valence-corrected chi connectivity index (χ2v) is 8.81. The van der Waals surface area contributed by atoms with Crippen molar-refractivity contribution in [2.24, 2.45) is 0 Å². The number of aromatic nitrogens is 1. The topological polar surface area (TPSA) is 84.2 Å². The number of carbonyl (C=O) groups excluding carboxylic acids is 1. The molecule has 8 nitrogen and oxygen atoms in total. The molecule has 1 aliphatic rings. The first-order chi connectivity index (χ1) is 15.9. The van der Waals surface area contributed by atoms with Crippen molar-refractivity contribution in [3.05, 3.63) is 57.5 Å². The Labute approximate surface area is 199 Å². The quantitative estimate of drug-likeness (QED) is 0.588. The highest BCUT2D eigenvalue weighted by molar-refractivity contribution is 7.98. The third kappa shape index (κ3) is 5.72. The fourth-order valence-electron chi connectivity index (χ4n) is 4.21. The van der Waals surface area contributed by atoms with Crippen LogP contribution in [0.3, 0.4) is 0 Å². The zero-order chi connectivity index (χ0) is 24.0. The van der Waals surface area contributed by atoms with Gasteiger partial charge in [-0.2, -0.15) is 0 Å². The van der Waals surface area contributed by atoms with Crippen LogP contribution in [0.4, 0.5) is 4.79 Å². The predicted molar refractivity (Wildman–Crippen MR) is 129 cm³/mol. The second kappa shape index (κ2) is 11.6. The molecule has 1 N–H and O–H groups in total. The normalized spacial score (nSPS) is 15.5. The van der Waals surface area contributed by atoms with Gasteiger partial charge < -0.3 is 24.0 Å². The molecule has 0 radical (unpaired) electrons. The lowest BCUT2D eigenvalue weighted by Gasteiger charge is -2.39. The summed E-state index contributed by atoms with van der Waals surface area (Å²) in [5.74, 6) is -0.0158. The number of methoxy groups -OCH3 is 1. The minimum absolute atomic E-state index is 0.0158. The van der Waals surface area contributed by atoms with Crippen LogP contribution in [0.15, 0.2) is 40.0 Å². The average Bonchev–Trinajstić information content (AvgIpc) is 2.82. The van der Waals surface area contributed by atoms with Crippen molar-refractivity contribution in [1.29, 1.82) is 0 Å². The van der Waals surface area contributed by atoms with E-state index >= 15 is 0 Å². The first kappa shape index (κ1) is 25.1. The number of hydrogen-bond donors (Lipinski definition) is 1. The van der Waals surface area contributed by atoms with Crippen LogP contribution in [0.5, 0.6) is 5.75 Å². The predicted octanol–water partition coefficient (Wildman–Crippen LogP) is 3.09. The van der Waals surface area contributed by atoms with Crippen LogP contribution in [0, 0.1) is 6.92 Å². The third-order valence-corrected chi connectivity index (χ3v) is 6.70. The zero-order valence-corrected chi connectivity index (χ0v) is 20.6. The maximum Gasteiger partial charge on any atom is 0.409 e. The average molecular weight is 476 g/mol. The Morgan fingerprint density at radius 2 is 1.85 bits per heavy atom. The van der Waals surface area contributed by atoms with E-state index in [1.165, 1.54) is 0 Å². The van der Waals surface area contributed by atoms with E-state index in [0.717, 1.165) is 10.5 Å². The van der Waals surface area contributed by atoms with Gasteiger partial charge in [0.2, 0.25) is 0 Å². The highest BCUT2D eigenvalue weighted by Gasteiger charge is 2.32. The number of ether oxygens (including phenoxy) is 2. The molecule has 0 saturated carbocycles. The van der Waals surface area contributed by atoms with Gasteiger partial charge in [0.05, 0.1) is 24.8 Å². The summed E-state index contributed by atoms with van der Waals surface area (Å²) in [4.78, 5) is 30.7. The number of benzene rings is 1. The standard InChI is InChI=1S/C24H33N3O5S/c1-5-32-24(30)26-12-10-25(11-13-26)22(18-6-8-19(33-4)9-7-18)21-20(28)16-17(2)27(23(21)29)14-15-31-3/h6-9,16,22,28H,5,10-15H2,1-4H3/t22-/m0/s1. The summed E-state index contributed by atoms with van der Waals surface area (Å²) in [5.41, 5.74) is 1.73. The highest BCUT2D eigenvalue weighted by atomic mass is 32.2. The molecule has 1 aromatic carbocycles. The van der Waals surface area contributed by atoms with Crippen LogP contribution < -0.4 is 5.56 Å². The van der Waals surface area contributed by atoms with Crippen LogP contribution in [0.25, 0.3) is 0 Å². The van der Waals surface area contributed by atoms with Gasteiger partial charge in [-0.15, -0.1) is 11.8 Å².